The summed E-state index contributed by atoms with van der Waals surface area (Å²) in [5.41, 5.74) is 3.93. The van der Waals surface area contributed by atoms with Gasteiger partial charge in [0.05, 0.1) is 11.0 Å². The van der Waals surface area contributed by atoms with Gasteiger partial charge in [-0.15, -0.1) is 0 Å². The van der Waals surface area contributed by atoms with E-state index in [1.54, 1.807) is 0 Å². The fourth-order valence-electron chi connectivity index (χ4n) is 1.44. The number of H-pyrrole nitrogens is 1. The van der Waals surface area contributed by atoms with Crippen LogP contribution in [0.4, 0.5) is 0 Å². The topological polar surface area (TPSA) is 28.7 Å². The third-order valence-electron chi connectivity index (χ3n) is 1.92. The summed E-state index contributed by atoms with van der Waals surface area (Å²) in [4.78, 5) is 7.49. The minimum Gasteiger partial charge on any atom is -0.342 e. The van der Waals surface area contributed by atoms with E-state index in [-0.39, 0.29) is 0 Å². The molecule has 0 bridgehead atoms. The van der Waals surface area contributed by atoms with Crippen LogP contribution in [0.1, 0.15) is 11.4 Å². The fourth-order valence-corrected chi connectivity index (χ4v) is 1.44. The summed E-state index contributed by atoms with van der Waals surface area (Å²) in [5.74, 6) is 0.929. The molecule has 0 atom stereocenters. The predicted molar refractivity (Wildman–Crippen MR) is 51.0 cm³/mol. The Balaban J connectivity index is 2.88. The first-order valence-electron chi connectivity index (χ1n) is 3.89. The van der Waals surface area contributed by atoms with Crippen LogP contribution in [0.5, 0.6) is 0 Å². The van der Waals surface area contributed by atoms with Gasteiger partial charge in [-0.1, -0.05) is 11.5 Å². The highest BCUT2D eigenvalue weighted by atomic mass is 14.9. The molecule has 0 aliphatic carbocycles. The molecule has 0 saturated heterocycles. The number of aryl methyl sites for hydroxylation is 2. The lowest BCUT2D eigenvalue weighted by Gasteiger charge is -1.96. The van der Waals surface area contributed by atoms with Gasteiger partial charge in [0.1, 0.15) is 13.7 Å². The Kier molecular flexibility index (Phi) is 1.46. The number of hydrogen-bond acceptors (Lipinski definition) is 1. The Bertz CT molecular complexity index is 431. The van der Waals surface area contributed by atoms with E-state index in [1.807, 2.05) is 26.0 Å². The van der Waals surface area contributed by atoms with E-state index in [9.17, 15) is 0 Å². The van der Waals surface area contributed by atoms with Gasteiger partial charge in [0.15, 0.2) is 0 Å². The highest BCUT2D eigenvalue weighted by Crippen LogP contribution is 2.13. The summed E-state index contributed by atoms with van der Waals surface area (Å²) in [6.07, 6.45) is 0. The molecule has 12 heavy (non-hydrogen) atoms. The second-order valence-corrected chi connectivity index (χ2v) is 3.06. The van der Waals surface area contributed by atoms with Crippen molar-refractivity contribution >= 4 is 24.3 Å². The van der Waals surface area contributed by atoms with Crippen molar-refractivity contribution in [2.75, 3.05) is 0 Å². The van der Waals surface area contributed by atoms with E-state index >= 15 is 0 Å². The fraction of sp³-hybridized carbons (Fsp3) is 0.222. The van der Waals surface area contributed by atoms with Crippen LogP contribution in [0.25, 0.3) is 11.0 Å². The molecule has 2 rings (SSSR count). The van der Waals surface area contributed by atoms with E-state index in [1.165, 1.54) is 0 Å². The van der Waals surface area contributed by atoms with Gasteiger partial charge in [-0.2, -0.15) is 0 Å². The van der Waals surface area contributed by atoms with Crippen molar-refractivity contribution in [1.82, 2.24) is 9.97 Å². The normalized spacial score (nSPS) is 10.8. The summed E-state index contributed by atoms with van der Waals surface area (Å²) in [6.45, 7) is 3.95. The van der Waals surface area contributed by atoms with Crippen LogP contribution in [-0.2, 0) is 0 Å². The van der Waals surface area contributed by atoms with Crippen molar-refractivity contribution in [2.45, 2.75) is 13.8 Å². The Morgan fingerprint density at radius 1 is 1.33 bits per heavy atom. The van der Waals surface area contributed by atoms with Gasteiger partial charge < -0.3 is 4.98 Å². The largest absolute Gasteiger partial charge is 0.342 e. The number of fused-ring (bicyclic) bond motifs is 1. The third kappa shape index (κ3) is 1.02. The second kappa shape index (κ2) is 2.37. The summed E-state index contributed by atoms with van der Waals surface area (Å²) in [7, 11) is 5.69. The summed E-state index contributed by atoms with van der Waals surface area (Å²) >= 11 is 0. The molecule has 1 N–H and O–H groups in total. The zero-order valence-corrected chi connectivity index (χ0v) is 7.18. The Hall–Kier alpha value is -1.25. The molecule has 0 unspecified atom stereocenters. The number of hydrogen-bond donors (Lipinski definition) is 1. The molecule has 2 radical (unpaired) electrons. The summed E-state index contributed by atoms with van der Waals surface area (Å²) in [6, 6.07) is 3.84. The molecule has 0 aliphatic rings. The molecule has 1 aromatic heterocycles. The van der Waals surface area contributed by atoms with E-state index in [0.717, 1.165) is 27.9 Å². The number of nitrogens with one attached hydrogen (secondary N) is 1. The first-order valence-corrected chi connectivity index (χ1v) is 3.89. The van der Waals surface area contributed by atoms with Crippen molar-refractivity contribution in [2.24, 2.45) is 0 Å². The van der Waals surface area contributed by atoms with Gasteiger partial charge in [0, 0.05) is 0 Å². The minimum absolute atomic E-state index is 0.781. The van der Waals surface area contributed by atoms with Crippen molar-refractivity contribution in [3.05, 3.63) is 23.5 Å². The van der Waals surface area contributed by atoms with Gasteiger partial charge in [-0.05, 0) is 25.5 Å². The number of aromatic nitrogens is 2. The number of benzene rings is 1. The molecule has 58 valence electrons. The SMILES string of the molecule is [B]c1cc(C)c2nc(C)[nH]c2c1. The molecule has 2 nitrogen and oxygen atoms in total. The number of rotatable bonds is 0. The second-order valence-electron chi connectivity index (χ2n) is 3.06. The number of imidazole rings is 1. The molecular weight excluding hydrogens is 147 g/mol. The quantitative estimate of drug-likeness (QED) is 0.565. The maximum Gasteiger partial charge on any atom is 0.113 e. The molecule has 2 aromatic rings. The zero-order chi connectivity index (χ0) is 8.72. The van der Waals surface area contributed by atoms with Crippen LogP contribution >= 0.6 is 0 Å². The zero-order valence-electron chi connectivity index (χ0n) is 7.18. The predicted octanol–water partition coefficient (Wildman–Crippen LogP) is 0.974. The van der Waals surface area contributed by atoms with Crippen molar-refractivity contribution in [3.63, 3.8) is 0 Å². The third-order valence-corrected chi connectivity index (χ3v) is 1.92. The number of aromatic amines is 1. The highest BCUT2D eigenvalue weighted by molar-refractivity contribution is 6.33. The highest BCUT2D eigenvalue weighted by Gasteiger charge is 2.01. The average Bonchev–Trinajstić information content (AvgIpc) is 2.29. The standard InChI is InChI=1S/C9H9BN2/c1-5-3-7(10)4-8-9(5)12-6(2)11-8/h3-4H,1-2H3,(H,11,12). The first-order chi connectivity index (χ1) is 5.66. The average molecular weight is 156 g/mol. The lowest BCUT2D eigenvalue weighted by atomic mass is 9.94. The molecule has 0 fully saturated rings. The summed E-state index contributed by atoms with van der Waals surface area (Å²) in [5, 5.41) is 0. The van der Waals surface area contributed by atoms with Gasteiger partial charge in [-0.3, -0.25) is 0 Å². The van der Waals surface area contributed by atoms with Crippen molar-refractivity contribution < 1.29 is 0 Å². The van der Waals surface area contributed by atoms with E-state index in [0.29, 0.717) is 0 Å². The molecule has 1 heterocycles. The smallest absolute Gasteiger partial charge is 0.113 e. The van der Waals surface area contributed by atoms with Crippen LogP contribution in [0.3, 0.4) is 0 Å². The van der Waals surface area contributed by atoms with Crippen LogP contribution in [0, 0.1) is 13.8 Å². The van der Waals surface area contributed by atoms with Crippen LogP contribution < -0.4 is 5.46 Å². The molecule has 0 saturated carbocycles. The molecular formula is C9H9BN2. The van der Waals surface area contributed by atoms with Crippen molar-refractivity contribution in [1.29, 1.82) is 0 Å². The van der Waals surface area contributed by atoms with E-state index in [4.69, 9.17) is 7.85 Å². The van der Waals surface area contributed by atoms with Gasteiger partial charge >= 0.3 is 0 Å². The molecule has 1 aromatic carbocycles. The van der Waals surface area contributed by atoms with Gasteiger partial charge in [-0.25, -0.2) is 4.98 Å². The Labute approximate surface area is 72.4 Å². The van der Waals surface area contributed by atoms with Crippen molar-refractivity contribution in [3.8, 4) is 0 Å². The molecule has 0 spiro atoms. The lowest BCUT2D eigenvalue weighted by Crippen LogP contribution is -2.01. The minimum atomic E-state index is 0.781. The molecule has 0 amide bonds. The first kappa shape index (κ1) is 7.41. The lowest BCUT2D eigenvalue weighted by molar-refractivity contribution is 1.17. The summed E-state index contributed by atoms with van der Waals surface area (Å²) < 4.78 is 0. The monoisotopic (exact) mass is 156 g/mol. The van der Waals surface area contributed by atoms with E-state index in [2.05, 4.69) is 9.97 Å². The maximum atomic E-state index is 5.69. The van der Waals surface area contributed by atoms with Crippen LogP contribution in [0.2, 0.25) is 0 Å². The maximum absolute atomic E-state index is 5.69. The van der Waals surface area contributed by atoms with Crippen LogP contribution in [0.15, 0.2) is 12.1 Å². The Morgan fingerprint density at radius 3 is 2.83 bits per heavy atom. The number of nitrogens with zero attached hydrogens (tertiary/aromatic N) is 1. The van der Waals surface area contributed by atoms with E-state index < -0.39 is 0 Å². The van der Waals surface area contributed by atoms with Gasteiger partial charge in [0.2, 0.25) is 0 Å². The Morgan fingerprint density at radius 2 is 2.08 bits per heavy atom. The molecule has 3 heteroatoms. The molecule has 0 aliphatic heterocycles. The van der Waals surface area contributed by atoms with Gasteiger partial charge in [0.25, 0.3) is 0 Å². The van der Waals surface area contributed by atoms with Crippen LogP contribution in [-0.4, -0.2) is 17.8 Å².